The van der Waals surface area contributed by atoms with E-state index in [9.17, 15) is 4.79 Å². The van der Waals surface area contributed by atoms with Crippen LogP contribution < -0.4 is 4.74 Å². The predicted molar refractivity (Wildman–Crippen MR) is 58.5 cm³/mol. The number of hydrogen-bond acceptors (Lipinski definition) is 3. The molecule has 4 heteroatoms. The highest BCUT2D eigenvalue weighted by Gasteiger charge is 2.34. The molecule has 0 radical (unpaired) electrons. The van der Waals surface area contributed by atoms with E-state index in [-0.39, 0.29) is 12.3 Å². The molecule has 1 saturated carbocycles. The Morgan fingerprint density at radius 1 is 1.62 bits per heavy atom. The van der Waals surface area contributed by atoms with Gasteiger partial charge in [-0.1, -0.05) is 6.07 Å². The number of hydrogen-bond donors (Lipinski definition) is 1. The third-order valence-corrected chi connectivity index (χ3v) is 2.92. The van der Waals surface area contributed by atoms with Crippen LogP contribution in [0.3, 0.4) is 0 Å². The van der Waals surface area contributed by atoms with Crippen molar-refractivity contribution < 1.29 is 14.6 Å². The number of ether oxygens (including phenoxy) is 1. The van der Waals surface area contributed by atoms with Crippen LogP contribution >= 0.6 is 0 Å². The van der Waals surface area contributed by atoms with E-state index < -0.39 is 5.97 Å². The number of pyridine rings is 1. The Hall–Kier alpha value is -1.58. The molecule has 4 nitrogen and oxygen atoms in total. The van der Waals surface area contributed by atoms with E-state index in [1.165, 1.54) is 0 Å². The van der Waals surface area contributed by atoms with Crippen molar-refractivity contribution in [1.29, 1.82) is 0 Å². The third kappa shape index (κ3) is 2.51. The monoisotopic (exact) mass is 221 g/mol. The molecule has 16 heavy (non-hydrogen) atoms. The van der Waals surface area contributed by atoms with Crippen LogP contribution in [0, 0.1) is 5.92 Å². The lowest BCUT2D eigenvalue weighted by molar-refractivity contribution is -0.137. The first-order valence-electron chi connectivity index (χ1n) is 5.43. The summed E-state index contributed by atoms with van der Waals surface area (Å²) in [5.41, 5.74) is 0.837. The van der Waals surface area contributed by atoms with E-state index in [4.69, 9.17) is 9.84 Å². The van der Waals surface area contributed by atoms with Gasteiger partial charge in [0.05, 0.1) is 13.5 Å². The summed E-state index contributed by atoms with van der Waals surface area (Å²) in [6.45, 7) is 0. The molecule has 1 fully saturated rings. The quantitative estimate of drug-likeness (QED) is 0.826. The Balaban J connectivity index is 2.20. The van der Waals surface area contributed by atoms with Gasteiger partial charge in [0.1, 0.15) is 0 Å². The molecular formula is C12H15NO3. The number of carbonyl (C=O) groups is 1. The zero-order valence-corrected chi connectivity index (χ0v) is 9.22. The molecule has 86 valence electrons. The highest BCUT2D eigenvalue weighted by atomic mass is 16.5. The molecule has 0 saturated heterocycles. The van der Waals surface area contributed by atoms with Crippen LogP contribution in [-0.2, 0) is 4.79 Å². The third-order valence-electron chi connectivity index (χ3n) is 2.92. The zero-order valence-electron chi connectivity index (χ0n) is 9.22. The minimum Gasteiger partial charge on any atom is -0.481 e. The van der Waals surface area contributed by atoms with Gasteiger partial charge in [-0.25, -0.2) is 4.98 Å². The van der Waals surface area contributed by atoms with Gasteiger partial charge in [0.2, 0.25) is 5.88 Å². The maximum Gasteiger partial charge on any atom is 0.304 e. The van der Waals surface area contributed by atoms with Gasteiger partial charge in [-0.15, -0.1) is 0 Å². The average molecular weight is 221 g/mol. The maximum atomic E-state index is 10.8. The van der Waals surface area contributed by atoms with E-state index in [0.717, 1.165) is 18.5 Å². The summed E-state index contributed by atoms with van der Waals surface area (Å²) in [6.07, 6.45) is 2.37. The second-order valence-electron chi connectivity index (χ2n) is 4.15. The molecule has 0 amide bonds. The summed E-state index contributed by atoms with van der Waals surface area (Å²) in [6, 6.07) is 5.51. The summed E-state index contributed by atoms with van der Waals surface area (Å²) in [7, 11) is 1.56. The van der Waals surface area contributed by atoms with Crippen molar-refractivity contribution in [1.82, 2.24) is 4.98 Å². The molecule has 1 aliphatic carbocycles. The van der Waals surface area contributed by atoms with Crippen molar-refractivity contribution in [3.8, 4) is 5.88 Å². The Kier molecular flexibility index (Phi) is 3.08. The van der Waals surface area contributed by atoms with Crippen molar-refractivity contribution in [2.24, 2.45) is 5.92 Å². The SMILES string of the molecule is COc1cccc(C(CC(=O)O)C2CC2)n1. The van der Waals surface area contributed by atoms with E-state index in [1.807, 2.05) is 12.1 Å². The molecule has 1 aromatic rings. The molecule has 0 spiro atoms. The molecule has 1 aliphatic rings. The Labute approximate surface area is 94.3 Å². The maximum absolute atomic E-state index is 10.8. The van der Waals surface area contributed by atoms with E-state index >= 15 is 0 Å². The molecule has 0 bridgehead atoms. The van der Waals surface area contributed by atoms with Gasteiger partial charge in [0.25, 0.3) is 0 Å². The number of carboxylic acid groups (broad SMARTS) is 1. The first-order valence-corrected chi connectivity index (χ1v) is 5.43. The number of nitrogens with zero attached hydrogens (tertiary/aromatic N) is 1. The van der Waals surface area contributed by atoms with Crippen molar-refractivity contribution in [3.63, 3.8) is 0 Å². The molecule has 0 aromatic carbocycles. The fourth-order valence-electron chi connectivity index (χ4n) is 1.95. The van der Waals surface area contributed by atoms with Crippen molar-refractivity contribution in [2.75, 3.05) is 7.11 Å². The molecule has 2 rings (SSSR count). The largest absolute Gasteiger partial charge is 0.481 e. The predicted octanol–water partition coefficient (Wildman–Crippen LogP) is 2.06. The molecule has 1 unspecified atom stereocenters. The number of aromatic nitrogens is 1. The normalized spacial score (nSPS) is 16.8. The lowest BCUT2D eigenvalue weighted by atomic mass is 9.95. The minimum atomic E-state index is -0.762. The van der Waals surface area contributed by atoms with Crippen LogP contribution in [0.15, 0.2) is 18.2 Å². The van der Waals surface area contributed by atoms with Crippen LogP contribution in [-0.4, -0.2) is 23.2 Å². The minimum absolute atomic E-state index is 0.0348. The van der Waals surface area contributed by atoms with Crippen molar-refractivity contribution >= 4 is 5.97 Å². The summed E-state index contributed by atoms with van der Waals surface area (Å²) in [5, 5.41) is 8.89. The lowest BCUT2D eigenvalue weighted by Crippen LogP contribution is -2.10. The average Bonchev–Trinajstić information content (AvgIpc) is 3.09. The second-order valence-corrected chi connectivity index (χ2v) is 4.15. The second kappa shape index (κ2) is 4.51. The fraction of sp³-hybridized carbons (Fsp3) is 0.500. The van der Waals surface area contributed by atoms with Crippen molar-refractivity contribution in [3.05, 3.63) is 23.9 Å². The van der Waals surface area contributed by atoms with Crippen LogP contribution in [0.1, 0.15) is 30.9 Å². The highest BCUT2D eigenvalue weighted by molar-refractivity contribution is 5.68. The molecule has 0 aliphatic heterocycles. The lowest BCUT2D eigenvalue weighted by Gasteiger charge is -2.13. The summed E-state index contributed by atoms with van der Waals surface area (Å²) in [4.78, 5) is 15.1. The van der Waals surface area contributed by atoms with Gasteiger partial charge in [-0.05, 0) is 24.8 Å². The molecule has 1 N–H and O–H groups in total. The Bertz CT molecular complexity index is 388. The summed E-state index contributed by atoms with van der Waals surface area (Å²) < 4.78 is 5.05. The van der Waals surface area contributed by atoms with Gasteiger partial charge >= 0.3 is 5.97 Å². The van der Waals surface area contributed by atoms with Gasteiger partial charge in [-0.2, -0.15) is 0 Å². The van der Waals surface area contributed by atoms with Crippen LogP contribution in [0.25, 0.3) is 0 Å². The Morgan fingerprint density at radius 2 is 2.38 bits per heavy atom. The van der Waals surface area contributed by atoms with Crippen LogP contribution in [0.5, 0.6) is 5.88 Å². The van der Waals surface area contributed by atoms with E-state index in [1.54, 1.807) is 13.2 Å². The first-order chi connectivity index (χ1) is 7.70. The van der Waals surface area contributed by atoms with Crippen LogP contribution in [0.2, 0.25) is 0 Å². The number of aliphatic carboxylic acids is 1. The summed E-state index contributed by atoms with van der Waals surface area (Å²) >= 11 is 0. The first kappa shape index (κ1) is 10.9. The smallest absolute Gasteiger partial charge is 0.304 e. The van der Waals surface area contributed by atoms with Gasteiger partial charge in [0.15, 0.2) is 0 Å². The number of methoxy groups -OCH3 is 1. The van der Waals surface area contributed by atoms with Gasteiger partial charge in [0, 0.05) is 17.7 Å². The number of rotatable bonds is 5. The zero-order chi connectivity index (χ0) is 11.5. The highest BCUT2D eigenvalue weighted by Crippen LogP contribution is 2.44. The summed E-state index contributed by atoms with van der Waals surface area (Å²) in [5.74, 6) is 0.304. The topological polar surface area (TPSA) is 59.4 Å². The van der Waals surface area contributed by atoms with E-state index in [2.05, 4.69) is 4.98 Å². The molecule has 1 atom stereocenters. The standard InChI is InChI=1S/C12H15NO3/c1-16-11-4-2-3-10(13-11)9(7-12(14)15)8-5-6-8/h2-4,8-9H,5-7H2,1H3,(H,14,15). The van der Waals surface area contributed by atoms with Crippen molar-refractivity contribution in [2.45, 2.75) is 25.2 Å². The number of carboxylic acids is 1. The fourth-order valence-corrected chi connectivity index (χ4v) is 1.95. The van der Waals surface area contributed by atoms with E-state index in [0.29, 0.717) is 11.8 Å². The molecular weight excluding hydrogens is 206 g/mol. The molecule has 1 aromatic heterocycles. The van der Waals surface area contributed by atoms with Crippen LogP contribution in [0.4, 0.5) is 0 Å². The van der Waals surface area contributed by atoms with Gasteiger partial charge in [-0.3, -0.25) is 4.79 Å². The molecule has 1 heterocycles. The Morgan fingerprint density at radius 3 is 2.94 bits per heavy atom. The van der Waals surface area contributed by atoms with Gasteiger partial charge < -0.3 is 9.84 Å².